The van der Waals surface area contributed by atoms with Crippen LogP contribution in [0.1, 0.15) is 164 Å². The van der Waals surface area contributed by atoms with Gasteiger partial charge in [-0.3, -0.25) is 9.59 Å². The number of fused-ring (bicyclic) bond motifs is 10. The first-order chi connectivity index (χ1) is 26.7. The third kappa shape index (κ3) is 7.47. The van der Waals surface area contributed by atoms with E-state index in [1.54, 1.807) is 0 Å². The molecule has 21 atom stereocenters. The van der Waals surface area contributed by atoms with E-state index in [0.717, 1.165) is 77.0 Å². The molecule has 0 aromatic rings. The minimum Gasteiger partial charge on any atom is -0.481 e. The molecule has 9 heteroatoms. The molecule has 0 amide bonds. The Morgan fingerprint density at radius 2 is 0.965 bits per heavy atom. The average molecular weight is 801 g/mol. The summed E-state index contributed by atoms with van der Waals surface area (Å²) in [5, 5.41) is 72.6. The van der Waals surface area contributed by atoms with E-state index in [9.17, 15) is 35.1 Å². The van der Waals surface area contributed by atoms with Crippen molar-refractivity contribution in [3.05, 3.63) is 0 Å². The SMILES string of the molecule is C[C@H](CCC(=O)O)[C@H]1CC[C@H]2[C@@H]3[C@H](O)C[C@@H]4C[C@H](O)CC[C@]4(C)[C@H]3CC[C@]12C.C[C@H](CCC(=O)O)[C@H]1CC[C@H]2[C@@H]3[C@H](O)C[C@@H]4C[C@H](O)CC[C@]4(C)[C@H]3C[C@H](O)[C@]12C. The molecular weight excluding hydrogens is 721 g/mol. The maximum absolute atomic E-state index is 11.5. The molecule has 8 rings (SSSR count). The third-order valence-electron chi connectivity index (χ3n) is 20.6. The number of carboxylic acid groups (broad SMARTS) is 2. The zero-order valence-corrected chi connectivity index (χ0v) is 36.2. The third-order valence-corrected chi connectivity index (χ3v) is 20.6. The van der Waals surface area contributed by atoms with Gasteiger partial charge in [0, 0.05) is 12.8 Å². The van der Waals surface area contributed by atoms with E-state index in [1.165, 1.54) is 25.7 Å². The molecule has 0 spiro atoms. The molecule has 0 aliphatic heterocycles. The molecule has 8 aliphatic carbocycles. The monoisotopic (exact) mass is 801 g/mol. The second kappa shape index (κ2) is 16.2. The smallest absolute Gasteiger partial charge is 0.303 e. The lowest BCUT2D eigenvalue weighted by Gasteiger charge is -2.63. The maximum Gasteiger partial charge on any atom is 0.303 e. The van der Waals surface area contributed by atoms with Crippen LogP contribution < -0.4 is 0 Å². The van der Waals surface area contributed by atoms with Gasteiger partial charge in [0.05, 0.1) is 30.5 Å². The number of hydrogen-bond acceptors (Lipinski definition) is 7. The fraction of sp³-hybridized carbons (Fsp3) is 0.958. The Hall–Kier alpha value is -1.26. The normalized spacial score (nSPS) is 52.3. The Morgan fingerprint density at radius 1 is 0.526 bits per heavy atom. The van der Waals surface area contributed by atoms with Gasteiger partial charge in [-0.05, 0) is 202 Å². The molecule has 8 saturated carbocycles. The minimum absolute atomic E-state index is 0.0957. The summed E-state index contributed by atoms with van der Waals surface area (Å²) in [6.45, 7) is 13.9. The quantitative estimate of drug-likeness (QED) is 0.129. The lowest BCUT2D eigenvalue weighted by molar-refractivity contribution is -0.207. The van der Waals surface area contributed by atoms with E-state index in [2.05, 4.69) is 41.5 Å². The Morgan fingerprint density at radius 3 is 1.51 bits per heavy atom. The Labute approximate surface area is 343 Å². The Bertz CT molecular complexity index is 1450. The second-order valence-electron chi connectivity index (χ2n) is 22.8. The van der Waals surface area contributed by atoms with E-state index < -0.39 is 18.0 Å². The maximum atomic E-state index is 11.5. The summed E-state index contributed by atoms with van der Waals surface area (Å²) < 4.78 is 0. The second-order valence-corrected chi connectivity index (χ2v) is 22.8. The molecule has 9 nitrogen and oxygen atoms in total. The highest BCUT2D eigenvalue weighted by Gasteiger charge is 2.66. The van der Waals surface area contributed by atoms with Crippen LogP contribution in [0.2, 0.25) is 0 Å². The van der Waals surface area contributed by atoms with Crippen LogP contribution in [0.5, 0.6) is 0 Å². The standard InChI is InChI=1S/C24H40O5.C24H40O4/c1-13(4-7-21(28)29)16-5-6-17-22-18(12-20(27)24(16,17)3)23(2)9-8-15(25)10-14(23)11-19(22)26;1-14(4-7-21(27)28)17-5-6-18-22-19(9-11-24(17,18)3)23(2)10-8-16(25)12-15(23)13-20(22)26/h13-20,22,25-27H,4-12H2,1-3H3,(H,28,29);14-20,22,25-26H,4-13H2,1-3H3,(H,27,28)/t13-,14+,15-,16-,17+,18+,19-,20+,22+,23+,24-;14-,15+,16-,17-,18+,19+,20-,22+,23+,24-/m11/s1. The van der Waals surface area contributed by atoms with Crippen molar-refractivity contribution in [2.24, 2.45) is 92.7 Å². The largest absolute Gasteiger partial charge is 0.481 e. The molecule has 0 aromatic carbocycles. The molecule has 0 bridgehead atoms. The van der Waals surface area contributed by atoms with Crippen LogP contribution in [0.4, 0.5) is 0 Å². The first-order valence-corrected chi connectivity index (χ1v) is 23.6. The molecule has 8 aliphatic rings. The molecule has 0 unspecified atom stereocenters. The Kier molecular flexibility index (Phi) is 12.5. The highest BCUT2D eigenvalue weighted by Crippen LogP contribution is 2.70. The van der Waals surface area contributed by atoms with Gasteiger partial charge >= 0.3 is 11.9 Å². The van der Waals surface area contributed by atoms with Gasteiger partial charge in [0.1, 0.15) is 0 Å². The van der Waals surface area contributed by atoms with Crippen molar-refractivity contribution < 1.29 is 45.3 Å². The average Bonchev–Trinajstić information content (AvgIpc) is 3.69. The van der Waals surface area contributed by atoms with Gasteiger partial charge in [-0.15, -0.1) is 0 Å². The lowest BCUT2D eigenvalue weighted by atomic mass is 9.43. The van der Waals surface area contributed by atoms with E-state index in [0.29, 0.717) is 65.6 Å². The van der Waals surface area contributed by atoms with Crippen molar-refractivity contribution in [1.29, 1.82) is 0 Å². The molecule has 57 heavy (non-hydrogen) atoms. The molecule has 0 aromatic heterocycles. The van der Waals surface area contributed by atoms with E-state index in [-0.39, 0.29) is 70.8 Å². The van der Waals surface area contributed by atoms with Crippen LogP contribution in [0.3, 0.4) is 0 Å². The summed E-state index contributed by atoms with van der Waals surface area (Å²) in [6.07, 6.45) is 15.2. The van der Waals surface area contributed by atoms with Crippen molar-refractivity contribution in [2.45, 2.75) is 194 Å². The first-order valence-electron chi connectivity index (χ1n) is 23.6. The fourth-order valence-corrected chi connectivity index (χ4v) is 17.4. The van der Waals surface area contributed by atoms with Gasteiger partial charge in [0.15, 0.2) is 0 Å². The molecule has 8 fully saturated rings. The first kappa shape index (κ1) is 43.8. The molecule has 0 heterocycles. The van der Waals surface area contributed by atoms with Gasteiger partial charge in [0.25, 0.3) is 0 Å². The number of carbonyl (C=O) groups is 2. The molecule has 326 valence electrons. The summed E-state index contributed by atoms with van der Waals surface area (Å²) in [5.41, 5.74) is 0.380. The Balaban J connectivity index is 0.000000174. The van der Waals surface area contributed by atoms with Crippen LogP contribution in [-0.4, -0.2) is 78.2 Å². The zero-order valence-electron chi connectivity index (χ0n) is 36.2. The van der Waals surface area contributed by atoms with Gasteiger partial charge in [0.2, 0.25) is 0 Å². The summed E-state index contributed by atoms with van der Waals surface area (Å²) in [7, 11) is 0. The van der Waals surface area contributed by atoms with E-state index in [1.807, 2.05) is 0 Å². The highest BCUT2D eigenvalue weighted by atomic mass is 16.4. The van der Waals surface area contributed by atoms with E-state index >= 15 is 0 Å². The van der Waals surface area contributed by atoms with Crippen molar-refractivity contribution in [3.8, 4) is 0 Å². The van der Waals surface area contributed by atoms with Gasteiger partial charge in [-0.25, -0.2) is 0 Å². The molecule has 0 saturated heterocycles. The lowest BCUT2D eigenvalue weighted by Crippen LogP contribution is -2.62. The number of aliphatic hydroxyl groups is 5. The predicted molar refractivity (Wildman–Crippen MR) is 219 cm³/mol. The molecular formula is C48H80O9. The number of aliphatic hydroxyl groups excluding tert-OH is 5. The zero-order chi connectivity index (χ0) is 41.4. The number of carboxylic acids is 2. The van der Waals surface area contributed by atoms with Gasteiger partial charge in [-0.1, -0.05) is 41.5 Å². The van der Waals surface area contributed by atoms with Gasteiger partial charge in [-0.2, -0.15) is 0 Å². The van der Waals surface area contributed by atoms with Crippen LogP contribution in [0.25, 0.3) is 0 Å². The highest BCUT2D eigenvalue weighted by molar-refractivity contribution is 5.66. The summed E-state index contributed by atoms with van der Waals surface area (Å²) in [4.78, 5) is 22.1. The van der Waals surface area contributed by atoms with Crippen molar-refractivity contribution >= 4 is 11.9 Å². The van der Waals surface area contributed by atoms with E-state index in [4.69, 9.17) is 10.2 Å². The molecule has 0 radical (unpaired) electrons. The number of hydrogen-bond donors (Lipinski definition) is 7. The fourth-order valence-electron chi connectivity index (χ4n) is 17.4. The topological polar surface area (TPSA) is 176 Å². The summed E-state index contributed by atoms with van der Waals surface area (Å²) in [5.74, 6) is 3.35. The van der Waals surface area contributed by atoms with Crippen molar-refractivity contribution in [3.63, 3.8) is 0 Å². The minimum atomic E-state index is -0.748. The number of aliphatic carboxylic acids is 2. The van der Waals surface area contributed by atoms with Crippen molar-refractivity contribution in [2.75, 3.05) is 0 Å². The van der Waals surface area contributed by atoms with Crippen LogP contribution in [0.15, 0.2) is 0 Å². The van der Waals surface area contributed by atoms with Crippen LogP contribution in [0, 0.1) is 92.7 Å². The van der Waals surface area contributed by atoms with Crippen molar-refractivity contribution in [1.82, 2.24) is 0 Å². The van der Waals surface area contributed by atoms with Crippen LogP contribution >= 0.6 is 0 Å². The van der Waals surface area contributed by atoms with Crippen LogP contribution in [-0.2, 0) is 9.59 Å². The van der Waals surface area contributed by atoms with Gasteiger partial charge < -0.3 is 35.7 Å². The predicted octanol–water partition coefficient (Wildman–Crippen LogP) is 7.93. The summed E-state index contributed by atoms with van der Waals surface area (Å²) in [6, 6.07) is 0. The molecule has 7 N–H and O–H groups in total. The summed E-state index contributed by atoms with van der Waals surface area (Å²) >= 11 is 0. The number of rotatable bonds is 8.